The second-order valence-electron chi connectivity index (χ2n) is 8.71. The number of nitrogens with zero attached hydrogens (tertiary/aromatic N) is 1. The van der Waals surface area contributed by atoms with Gasteiger partial charge in [0.25, 0.3) is 5.56 Å². The van der Waals surface area contributed by atoms with Crippen LogP contribution in [0.3, 0.4) is 0 Å². The zero-order chi connectivity index (χ0) is 28.7. The highest BCUT2D eigenvalue weighted by Crippen LogP contribution is 2.06. The van der Waals surface area contributed by atoms with Crippen LogP contribution in [0.4, 0.5) is 15.5 Å². The lowest BCUT2D eigenvalue weighted by atomic mass is 10.1. The highest BCUT2D eigenvalue weighted by atomic mass is 16.6. The number of carbonyl (C=O) groups is 4. The van der Waals surface area contributed by atoms with Gasteiger partial charge in [-0.1, -0.05) is 12.8 Å². The Morgan fingerprint density at radius 1 is 0.846 bits per heavy atom. The molecule has 0 aromatic carbocycles. The molecule has 3 amide bonds. The monoisotopic (exact) mass is 555 g/mol. The molecule has 39 heavy (non-hydrogen) atoms. The normalized spacial score (nSPS) is 10.6. The molecule has 5 N–H and O–H groups in total. The summed E-state index contributed by atoms with van der Waals surface area (Å²) in [7, 11) is 0. The summed E-state index contributed by atoms with van der Waals surface area (Å²) < 4.78 is 15.3. The fraction of sp³-hybridized carbons (Fsp3) is 0.680. The highest BCUT2D eigenvalue weighted by molar-refractivity contribution is 5.87. The van der Waals surface area contributed by atoms with Gasteiger partial charge < -0.3 is 30.0 Å². The first kappa shape index (κ1) is 33.5. The molecule has 1 aromatic rings. The Balaban J connectivity index is 1.88. The van der Waals surface area contributed by atoms with E-state index in [0.717, 1.165) is 38.5 Å². The van der Waals surface area contributed by atoms with Crippen LogP contribution in [0.15, 0.2) is 10.9 Å². The number of rotatable bonds is 22. The third-order valence-electron chi connectivity index (χ3n) is 5.21. The Hall–Kier alpha value is -3.52. The first-order chi connectivity index (χ1) is 18.8. The number of nitrogens with one attached hydrogen (secondary N) is 4. The van der Waals surface area contributed by atoms with E-state index in [4.69, 9.17) is 19.3 Å². The number of carbonyl (C=O) groups excluding carboxylic acids is 3. The van der Waals surface area contributed by atoms with Crippen LogP contribution in [-0.4, -0.2) is 85.1 Å². The van der Waals surface area contributed by atoms with Crippen LogP contribution >= 0.6 is 0 Å². The van der Waals surface area contributed by atoms with E-state index in [9.17, 15) is 24.0 Å². The van der Waals surface area contributed by atoms with Gasteiger partial charge in [0, 0.05) is 37.7 Å². The van der Waals surface area contributed by atoms with Crippen molar-refractivity contribution in [2.75, 3.05) is 51.4 Å². The maximum atomic E-state index is 12.0. The Kier molecular flexibility index (Phi) is 18.4. The number of urea groups is 1. The van der Waals surface area contributed by atoms with E-state index in [1.54, 1.807) is 6.92 Å². The van der Waals surface area contributed by atoms with Crippen LogP contribution in [0, 0.1) is 6.92 Å². The third kappa shape index (κ3) is 20.2. The van der Waals surface area contributed by atoms with Crippen LogP contribution in [0.25, 0.3) is 0 Å². The highest BCUT2D eigenvalue weighted by Gasteiger charge is 2.06. The number of carboxylic acids is 1. The van der Waals surface area contributed by atoms with E-state index in [0.29, 0.717) is 31.6 Å². The molecular weight excluding hydrogens is 514 g/mol. The first-order valence-corrected chi connectivity index (χ1v) is 13.2. The van der Waals surface area contributed by atoms with Gasteiger partial charge in [-0.3, -0.25) is 24.7 Å². The molecule has 0 unspecified atom stereocenters. The lowest BCUT2D eigenvalue weighted by molar-refractivity contribution is -0.138. The predicted molar refractivity (Wildman–Crippen MR) is 142 cm³/mol. The maximum absolute atomic E-state index is 12.0. The van der Waals surface area contributed by atoms with Crippen LogP contribution in [0.2, 0.25) is 0 Å². The summed E-state index contributed by atoms with van der Waals surface area (Å²) in [5.74, 6) is -0.619. The number of aromatic amines is 1. The van der Waals surface area contributed by atoms with Crippen LogP contribution in [0.1, 0.15) is 63.5 Å². The molecule has 1 aromatic heterocycles. The SMILES string of the molecule is Cc1cc(=O)[nH]c(NC(=O)NCCCCCC(=O)CCCCCNC(=O)OCCOCCOCCC(=O)O)n1. The number of hydrogen-bond donors (Lipinski definition) is 5. The van der Waals surface area contributed by atoms with Crippen LogP contribution in [0.5, 0.6) is 0 Å². The summed E-state index contributed by atoms with van der Waals surface area (Å²) in [5.41, 5.74) is 0.167. The quantitative estimate of drug-likeness (QED) is 0.132. The Morgan fingerprint density at radius 3 is 2.10 bits per heavy atom. The molecule has 0 spiro atoms. The number of anilines is 1. The second kappa shape index (κ2) is 21.4. The summed E-state index contributed by atoms with van der Waals surface area (Å²) >= 11 is 0. The van der Waals surface area contributed by atoms with Gasteiger partial charge in [-0.25, -0.2) is 14.6 Å². The molecule has 0 saturated carbocycles. The number of ether oxygens (including phenoxy) is 3. The van der Waals surface area contributed by atoms with Crippen molar-refractivity contribution in [3.63, 3.8) is 0 Å². The molecule has 0 atom stereocenters. The number of ketones is 1. The minimum atomic E-state index is -0.916. The van der Waals surface area contributed by atoms with Crippen molar-refractivity contribution in [3.8, 4) is 0 Å². The molecule has 0 aliphatic heterocycles. The number of alkyl carbamates (subject to hydrolysis) is 1. The van der Waals surface area contributed by atoms with Crippen molar-refractivity contribution in [2.24, 2.45) is 0 Å². The first-order valence-electron chi connectivity index (χ1n) is 13.2. The van der Waals surface area contributed by atoms with Gasteiger partial charge in [-0.05, 0) is 32.6 Å². The van der Waals surface area contributed by atoms with E-state index < -0.39 is 18.1 Å². The smallest absolute Gasteiger partial charge is 0.407 e. The summed E-state index contributed by atoms with van der Waals surface area (Å²) in [6, 6.07) is 0.878. The topological polar surface area (TPSA) is 198 Å². The second-order valence-corrected chi connectivity index (χ2v) is 8.71. The van der Waals surface area contributed by atoms with Crippen LogP contribution < -0.4 is 21.5 Å². The van der Waals surface area contributed by atoms with Crippen LogP contribution in [-0.2, 0) is 23.8 Å². The zero-order valence-corrected chi connectivity index (χ0v) is 22.6. The van der Waals surface area contributed by atoms with E-state index >= 15 is 0 Å². The summed E-state index contributed by atoms with van der Waals surface area (Å²) in [5, 5.41) is 16.3. The zero-order valence-electron chi connectivity index (χ0n) is 22.6. The Labute approximate surface area is 227 Å². The molecule has 14 nitrogen and oxygen atoms in total. The van der Waals surface area contributed by atoms with E-state index in [1.165, 1.54) is 6.07 Å². The average Bonchev–Trinajstić information content (AvgIpc) is 2.86. The number of carboxylic acid groups (broad SMARTS) is 1. The average molecular weight is 556 g/mol. The van der Waals surface area contributed by atoms with Gasteiger partial charge in [0.15, 0.2) is 0 Å². The number of aromatic nitrogens is 2. The lowest BCUT2D eigenvalue weighted by Crippen LogP contribution is -2.31. The molecule has 14 heteroatoms. The molecule has 1 rings (SSSR count). The van der Waals surface area contributed by atoms with Crippen molar-refractivity contribution in [1.82, 2.24) is 20.6 Å². The molecule has 1 heterocycles. The van der Waals surface area contributed by atoms with Gasteiger partial charge in [-0.2, -0.15) is 0 Å². The number of Topliss-reactive ketones (excluding diaryl/α,β-unsaturated/α-hetero) is 1. The molecule has 0 fully saturated rings. The summed E-state index contributed by atoms with van der Waals surface area (Å²) in [6.45, 7) is 3.59. The number of aryl methyl sites for hydroxylation is 1. The summed E-state index contributed by atoms with van der Waals surface area (Å²) in [6.07, 6.45) is 5.04. The lowest BCUT2D eigenvalue weighted by Gasteiger charge is -2.08. The van der Waals surface area contributed by atoms with Gasteiger partial charge in [0.05, 0.1) is 32.8 Å². The molecule has 220 valence electrons. The standard InChI is InChI=1S/C25H41N5O9/c1-19-18-21(32)29-23(28-19)30-24(35)26-11-6-2-4-8-20(31)9-5-3-7-12-27-25(36)39-17-16-38-15-14-37-13-10-22(33)34/h18H,2-17H2,1H3,(H,27,36)(H,33,34)(H3,26,28,29,30,32,35). The molecular formula is C25H41N5O9. The van der Waals surface area contributed by atoms with Crippen molar-refractivity contribution >= 4 is 29.8 Å². The predicted octanol–water partition coefficient (Wildman–Crippen LogP) is 2.12. The number of amides is 3. The van der Waals surface area contributed by atoms with E-state index in [1.807, 2.05) is 0 Å². The fourth-order valence-electron chi connectivity index (χ4n) is 3.28. The summed E-state index contributed by atoms with van der Waals surface area (Å²) in [4.78, 5) is 63.6. The Bertz CT molecular complexity index is 939. The molecule has 0 bridgehead atoms. The number of aliphatic carboxylic acids is 1. The fourth-order valence-corrected chi connectivity index (χ4v) is 3.28. The Morgan fingerprint density at radius 2 is 1.46 bits per heavy atom. The van der Waals surface area contributed by atoms with Crippen molar-refractivity contribution in [1.29, 1.82) is 0 Å². The van der Waals surface area contributed by atoms with E-state index in [-0.39, 0.29) is 56.7 Å². The van der Waals surface area contributed by atoms with Crippen molar-refractivity contribution in [2.45, 2.75) is 64.7 Å². The largest absolute Gasteiger partial charge is 0.481 e. The van der Waals surface area contributed by atoms with Gasteiger partial charge in [-0.15, -0.1) is 0 Å². The minimum Gasteiger partial charge on any atom is -0.481 e. The van der Waals surface area contributed by atoms with Crippen molar-refractivity contribution < 1.29 is 38.5 Å². The van der Waals surface area contributed by atoms with Crippen molar-refractivity contribution in [3.05, 3.63) is 22.1 Å². The number of H-pyrrole nitrogens is 1. The number of hydrogen-bond acceptors (Lipinski definition) is 9. The number of unbranched alkanes of at least 4 members (excludes halogenated alkanes) is 4. The molecule has 0 saturated heterocycles. The van der Waals surface area contributed by atoms with E-state index in [2.05, 4.69) is 25.9 Å². The van der Waals surface area contributed by atoms with Gasteiger partial charge in [0.2, 0.25) is 5.95 Å². The molecule has 0 radical (unpaired) electrons. The molecule has 0 aliphatic carbocycles. The maximum Gasteiger partial charge on any atom is 0.407 e. The molecule has 0 aliphatic rings. The van der Waals surface area contributed by atoms with Gasteiger partial charge >= 0.3 is 18.1 Å². The minimum absolute atomic E-state index is 0.0526. The third-order valence-corrected chi connectivity index (χ3v) is 5.21. The van der Waals surface area contributed by atoms with Gasteiger partial charge in [0.1, 0.15) is 12.4 Å².